The Balaban J connectivity index is 0.000000948. The van der Waals surface area contributed by atoms with Crippen LogP contribution in [0.2, 0.25) is 0 Å². The van der Waals surface area contributed by atoms with E-state index in [2.05, 4.69) is 15.0 Å². The van der Waals surface area contributed by atoms with Crippen molar-refractivity contribution in [3.63, 3.8) is 0 Å². The summed E-state index contributed by atoms with van der Waals surface area (Å²) in [6, 6.07) is 20.3. The van der Waals surface area contributed by atoms with Crippen LogP contribution in [0.1, 0.15) is 51.7 Å². The van der Waals surface area contributed by atoms with Gasteiger partial charge < -0.3 is 71.8 Å². The maximum atomic E-state index is 11.3. The third kappa shape index (κ3) is 18.8. The fourth-order valence-electron chi connectivity index (χ4n) is 6.17. The minimum atomic E-state index is -2.46. The summed E-state index contributed by atoms with van der Waals surface area (Å²) >= 11 is 0. The molecule has 6 aromatic rings. The minimum absolute atomic E-state index is 0. The Hall–Kier alpha value is -9.40. The van der Waals surface area contributed by atoms with E-state index < -0.39 is 107 Å². The van der Waals surface area contributed by atoms with Crippen molar-refractivity contribution in [1.82, 2.24) is 15.0 Å². The van der Waals surface area contributed by atoms with Crippen LogP contribution in [0.25, 0.3) is 32.7 Å². The first kappa shape index (κ1) is 61.6. The molecule has 3 atom stereocenters. The summed E-state index contributed by atoms with van der Waals surface area (Å²) in [5.74, 6) is -16.4. The largest absolute Gasteiger partial charge is 1.00 e. The molecular formula is C47H51N4O22+. The molecule has 3 unspecified atom stereocenters. The molecule has 3 aromatic heterocycles. The summed E-state index contributed by atoms with van der Waals surface area (Å²) in [6.45, 7) is 1.00. The number of hydrogen-bond donors (Lipinski definition) is 14. The Morgan fingerprint density at radius 2 is 0.863 bits per heavy atom. The summed E-state index contributed by atoms with van der Waals surface area (Å²) in [7, 11) is 0. The second-order valence-corrected chi connectivity index (χ2v) is 15.2. The van der Waals surface area contributed by atoms with Crippen molar-refractivity contribution in [3.05, 3.63) is 108 Å². The van der Waals surface area contributed by atoms with Gasteiger partial charge in [0.2, 0.25) is 17.3 Å². The number of rotatable bonds is 19. The lowest BCUT2D eigenvalue weighted by Gasteiger charge is -2.24. The molecule has 73 heavy (non-hydrogen) atoms. The molecular weight excluding hydrogens is 973 g/mol. The van der Waals surface area contributed by atoms with Gasteiger partial charge in [-0.25, -0.2) is 28.8 Å². The molecule has 3 heterocycles. The highest BCUT2D eigenvalue weighted by Crippen LogP contribution is 2.27. The number of aliphatic hydroxyl groups is 2. The highest BCUT2D eigenvalue weighted by atomic mass is 16.4. The SMILES string of the molecule is C.CC(=O)C(=O)O.NC(CC(O)(Cc1c[nH]c2ccccc12)C(=O)O)C(=O)O.O=C(O)C(=O)CC(O)(Cc1c[nH]c2ccccc12)C(=O)O.O=C(O)C(=O)Cc1c[nH]c2ccccc12.O=C(O)CC(=O)C(=O)O.[H+]. The molecule has 0 saturated heterocycles. The average molecular weight is 1020 g/mol. The maximum Gasteiger partial charge on any atom is 1.00 e. The van der Waals surface area contributed by atoms with Gasteiger partial charge in [0, 0.05) is 83.9 Å². The van der Waals surface area contributed by atoms with Gasteiger partial charge in [-0.2, -0.15) is 0 Å². The third-order valence-corrected chi connectivity index (χ3v) is 9.79. The van der Waals surface area contributed by atoms with Crippen molar-refractivity contribution in [3.8, 4) is 0 Å². The van der Waals surface area contributed by atoms with Crippen LogP contribution in [0.15, 0.2) is 91.4 Å². The molecule has 26 heteroatoms. The molecule has 26 nitrogen and oxygen atoms in total. The number of fused-ring (bicyclic) bond motifs is 3. The van der Waals surface area contributed by atoms with Gasteiger partial charge in [0.15, 0.2) is 11.2 Å². The van der Waals surface area contributed by atoms with Crippen LogP contribution in [-0.2, 0) is 76.8 Å². The zero-order valence-corrected chi connectivity index (χ0v) is 37.4. The normalized spacial score (nSPS) is 12.2. The van der Waals surface area contributed by atoms with E-state index in [0.717, 1.165) is 39.8 Å². The second-order valence-electron chi connectivity index (χ2n) is 15.2. The van der Waals surface area contributed by atoms with Crippen LogP contribution in [0.5, 0.6) is 0 Å². The van der Waals surface area contributed by atoms with Crippen molar-refractivity contribution in [2.24, 2.45) is 5.73 Å². The van der Waals surface area contributed by atoms with Gasteiger partial charge in [0.05, 0.1) is 6.42 Å². The predicted molar refractivity (Wildman–Crippen MR) is 252 cm³/mol. The number of carboxylic acid groups (broad SMARTS) is 8. The number of aliphatic carboxylic acids is 8. The van der Waals surface area contributed by atoms with Crippen LogP contribution >= 0.6 is 0 Å². The molecule has 15 N–H and O–H groups in total. The van der Waals surface area contributed by atoms with Gasteiger partial charge in [0.25, 0.3) is 5.78 Å². The molecule has 0 aliphatic heterocycles. The number of nitrogens with one attached hydrogen (secondary N) is 3. The summed E-state index contributed by atoms with van der Waals surface area (Å²) < 4.78 is 0. The first-order valence-corrected chi connectivity index (χ1v) is 20.3. The first-order chi connectivity index (χ1) is 33.5. The van der Waals surface area contributed by atoms with Crippen LogP contribution < -0.4 is 5.73 Å². The number of carbonyl (C=O) groups is 12. The zero-order chi connectivity index (χ0) is 54.7. The van der Waals surface area contributed by atoms with Crippen LogP contribution in [0.4, 0.5) is 0 Å². The van der Waals surface area contributed by atoms with Crippen molar-refractivity contribution in [2.45, 2.75) is 70.1 Å². The first-order valence-electron chi connectivity index (χ1n) is 20.3. The van der Waals surface area contributed by atoms with E-state index in [-0.39, 0.29) is 28.1 Å². The average Bonchev–Trinajstić information content (AvgIpc) is 4.03. The highest BCUT2D eigenvalue weighted by Gasteiger charge is 2.41. The molecule has 0 aliphatic rings. The Morgan fingerprint density at radius 1 is 0.521 bits per heavy atom. The quantitative estimate of drug-likeness (QED) is 0.0406. The number of para-hydroxylation sites is 3. The number of carbonyl (C=O) groups excluding carboxylic acids is 4. The zero-order valence-electron chi connectivity index (χ0n) is 38.4. The summed E-state index contributed by atoms with van der Waals surface area (Å²) in [6.07, 6.45) is 1.63. The fourth-order valence-corrected chi connectivity index (χ4v) is 6.17. The maximum absolute atomic E-state index is 11.3. The minimum Gasteiger partial charge on any atom is -0.481 e. The molecule has 390 valence electrons. The Kier molecular flexibility index (Phi) is 23.4. The molecule has 0 amide bonds. The molecule has 0 radical (unpaired) electrons. The summed E-state index contributed by atoms with van der Waals surface area (Å²) in [5.41, 5.74) is 4.94. The number of carboxylic acids is 8. The van der Waals surface area contributed by atoms with E-state index in [0.29, 0.717) is 16.5 Å². The highest BCUT2D eigenvalue weighted by molar-refractivity contribution is 6.36. The number of nitrogens with two attached hydrogens (primary N) is 1. The number of benzene rings is 3. The number of ketones is 4. The third-order valence-electron chi connectivity index (χ3n) is 9.79. The summed E-state index contributed by atoms with van der Waals surface area (Å²) in [4.78, 5) is 134. The Morgan fingerprint density at radius 3 is 1.18 bits per heavy atom. The van der Waals surface area contributed by atoms with Crippen LogP contribution in [-0.4, -0.2) is 154 Å². The van der Waals surface area contributed by atoms with Gasteiger partial charge in [-0.05, 0) is 34.9 Å². The molecule has 3 aromatic carbocycles. The lowest BCUT2D eigenvalue weighted by molar-refractivity contribution is -0.163. The Labute approximate surface area is 411 Å². The lowest BCUT2D eigenvalue weighted by Crippen LogP contribution is -2.48. The van der Waals surface area contributed by atoms with E-state index in [1.807, 2.05) is 36.4 Å². The standard InChI is InChI=1S/C14H16N2O5.C14H13NO6.C11H9NO3.C4H4O5.C3H4O3.CH4/c15-10(12(17)18)6-14(21,13(19)20)5-8-7-16-11-4-2-1-3-9(8)11;16-11(12(17)18)6-14(21,13(19)20)5-8-7-15-10-4-2-1-3-9(8)10;13-10(11(14)15)5-7-6-12-9-4-2-1-3-8(7)9;5-2(4(8)9)1-3(6)7;1-2(4)3(5)6;/h1-4,7,10,16,21H,5-6,15H2,(H,17,18)(H,19,20);1-4,7,15,21H,5-6H2,(H,17,18)(H,19,20);1-4,6,12H,5H2,(H,14,15);1H2,(H,6,7)(H,8,9);1H3,(H,5,6);1H4/p+1. The van der Waals surface area contributed by atoms with Gasteiger partial charge in [-0.1, -0.05) is 62.0 Å². The van der Waals surface area contributed by atoms with Crippen molar-refractivity contribution >= 4 is 104 Å². The van der Waals surface area contributed by atoms with Gasteiger partial charge in [-0.15, -0.1) is 0 Å². The fraction of sp³-hybridized carbons (Fsp3) is 0.234. The smallest absolute Gasteiger partial charge is 0.481 e. The number of hydrogen-bond acceptors (Lipinski definition) is 15. The molecule has 0 bridgehead atoms. The lowest BCUT2D eigenvalue weighted by atomic mass is 9.88. The number of aromatic nitrogens is 3. The molecule has 0 saturated carbocycles. The molecule has 0 aliphatic carbocycles. The van der Waals surface area contributed by atoms with Gasteiger partial charge in [-0.3, -0.25) is 28.8 Å². The monoisotopic (exact) mass is 1020 g/mol. The molecule has 0 spiro atoms. The van der Waals surface area contributed by atoms with E-state index in [1.165, 1.54) is 6.20 Å². The van der Waals surface area contributed by atoms with E-state index >= 15 is 0 Å². The second kappa shape index (κ2) is 27.7. The van der Waals surface area contributed by atoms with E-state index in [1.54, 1.807) is 48.8 Å². The molecule has 6 rings (SSSR count). The molecule has 0 fully saturated rings. The van der Waals surface area contributed by atoms with Crippen LogP contribution in [0.3, 0.4) is 0 Å². The topological polar surface area (TPSA) is 481 Å². The number of Topliss-reactive ketones (excluding diaryl/α,β-unsaturated/α-hetero) is 4. The van der Waals surface area contributed by atoms with Crippen LogP contribution in [0, 0.1) is 0 Å². The van der Waals surface area contributed by atoms with E-state index in [4.69, 9.17) is 41.5 Å². The van der Waals surface area contributed by atoms with Crippen molar-refractivity contribution in [1.29, 1.82) is 0 Å². The summed E-state index contributed by atoms with van der Waals surface area (Å²) in [5, 5.41) is 90.3. The number of aromatic amines is 3. The van der Waals surface area contributed by atoms with E-state index in [9.17, 15) is 72.9 Å². The van der Waals surface area contributed by atoms with Gasteiger partial charge in [0.1, 0.15) is 12.5 Å². The van der Waals surface area contributed by atoms with Crippen molar-refractivity contribution < 1.29 is 110 Å². The predicted octanol–water partition coefficient (Wildman–Crippen LogP) is 1.79. The number of H-pyrrole nitrogens is 3. The van der Waals surface area contributed by atoms with Crippen molar-refractivity contribution in [2.75, 3.05) is 0 Å². The van der Waals surface area contributed by atoms with Gasteiger partial charge >= 0.3 is 49.2 Å². The Bertz CT molecular complexity index is 3020.